The molecule has 0 saturated carbocycles. The van der Waals surface area contributed by atoms with Crippen molar-refractivity contribution in [1.82, 2.24) is 15.2 Å². The third-order valence-corrected chi connectivity index (χ3v) is 3.89. The summed E-state index contributed by atoms with van der Waals surface area (Å²) in [6.45, 7) is 12.6. The maximum atomic E-state index is 5.58. The molecule has 0 aliphatic carbocycles. The second-order valence-corrected chi connectivity index (χ2v) is 5.18. The molecule has 1 fully saturated rings. The Hall–Kier alpha value is -1.07. The normalized spacial score (nSPS) is 18.8. The third kappa shape index (κ3) is 3.70. The Morgan fingerprint density at radius 1 is 1.32 bits per heavy atom. The standard InChI is InChI=1S/C14H26N4O/c1-4-12(3)17-6-8-18(9-7-17)14-16-13(11-19-14)10-15-5-2/h11-12,15H,4-10H2,1-3H3. The Bertz CT molecular complexity index is 371. The van der Waals surface area contributed by atoms with E-state index in [-0.39, 0.29) is 0 Å². The van der Waals surface area contributed by atoms with Gasteiger partial charge in [0.2, 0.25) is 0 Å². The first-order valence-corrected chi connectivity index (χ1v) is 7.38. The predicted octanol–water partition coefficient (Wildman–Crippen LogP) is 1.70. The van der Waals surface area contributed by atoms with Crippen LogP contribution in [0.2, 0.25) is 0 Å². The van der Waals surface area contributed by atoms with Gasteiger partial charge in [0.1, 0.15) is 6.26 Å². The van der Waals surface area contributed by atoms with E-state index in [1.807, 2.05) is 0 Å². The van der Waals surface area contributed by atoms with Gasteiger partial charge in [-0.15, -0.1) is 0 Å². The molecule has 108 valence electrons. The first-order valence-electron chi connectivity index (χ1n) is 7.38. The number of rotatable bonds is 6. The molecular weight excluding hydrogens is 240 g/mol. The minimum absolute atomic E-state index is 0.677. The van der Waals surface area contributed by atoms with Gasteiger partial charge in [0.05, 0.1) is 5.69 Å². The fraction of sp³-hybridized carbons (Fsp3) is 0.786. The molecular formula is C14H26N4O. The van der Waals surface area contributed by atoms with Crippen molar-refractivity contribution in [2.45, 2.75) is 39.8 Å². The first kappa shape index (κ1) is 14.3. The summed E-state index contributed by atoms with van der Waals surface area (Å²) >= 11 is 0. The minimum atomic E-state index is 0.677. The van der Waals surface area contributed by atoms with Gasteiger partial charge >= 0.3 is 0 Å². The predicted molar refractivity (Wildman–Crippen MR) is 77.4 cm³/mol. The average Bonchev–Trinajstić information content (AvgIpc) is 2.93. The fourth-order valence-electron chi connectivity index (χ4n) is 2.39. The smallest absolute Gasteiger partial charge is 0.297 e. The molecule has 1 aromatic heterocycles. The van der Waals surface area contributed by atoms with E-state index in [2.05, 4.69) is 40.9 Å². The van der Waals surface area contributed by atoms with Gasteiger partial charge in [-0.25, -0.2) is 0 Å². The van der Waals surface area contributed by atoms with Crippen LogP contribution in [0.15, 0.2) is 10.7 Å². The van der Waals surface area contributed by atoms with Crippen molar-refractivity contribution < 1.29 is 4.42 Å². The van der Waals surface area contributed by atoms with E-state index in [1.54, 1.807) is 6.26 Å². The Kier molecular flexibility index (Phi) is 5.22. The molecule has 1 atom stereocenters. The number of nitrogens with zero attached hydrogens (tertiary/aromatic N) is 3. The summed E-state index contributed by atoms with van der Waals surface area (Å²) in [5.41, 5.74) is 0.987. The second-order valence-electron chi connectivity index (χ2n) is 5.18. The first-order chi connectivity index (χ1) is 9.24. The summed E-state index contributed by atoms with van der Waals surface area (Å²) in [4.78, 5) is 9.32. The van der Waals surface area contributed by atoms with E-state index in [0.717, 1.165) is 51.0 Å². The number of aromatic nitrogens is 1. The van der Waals surface area contributed by atoms with Crippen molar-refractivity contribution in [3.63, 3.8) is 0 Å². The maximum Gasteiger partial charge on any atom is 0.297 e. The molecule has 19 heavy (non-hydrogen) atoms. The lowest BCUT2D eigenvalue weighted by Gasteiger charge is -2.37. The van der Waals surface area contributed by atoms with Crippen molar-refractivity contribution in [1.29, 1.82) is 0 Å². The topological polar surface area (TPSA) is 44.5 Å². The second kappa shape index (κ2) is 6.91. The third-order valence-electron chi connectivity index (χ3n) is 3.89. The summed E-state index contributed by atoms with van der Waals surface area (Å²) in [5.74, 6) is 0. The number of hydrogen-bond donors (Lipinski definition) is 1. The molecule has 0 radical (unpaired) electrons. The van der Waals surface area contributed by atoms with Crippen molar-refractivity contribution in [2.24, 2.45) is 0 Å². The molecule has 0 aromatic carbocycles. The highest BCUT2D eigenvalue weighted by Gasteiger charge is 2.22. The van der Waals surface area contributed by atoms with Crippen molar-refractivity contribution in [3.8, 4) is 0 Å². The van der Waals surface area contributed by atoms with E-state index < -0.39 is 0 Å². The van der Waals surface area contributed by atoms with Gasteiger partial charge in [-0.05, 0) is 19.9 Å². The van der Waals surface area contributed by atoms with E-state index in [1.165, 1.54) is 6.42 Å². The molecule has 5 heteroatoms. The Labute approximate surface area is 116 Å². The SMILES string of the molecule is CCNCc1coc(N2CCN(C(C)CC)CC2)n1. The summed E-state index contributed by atoms with van der Waals surface area (Å²) in [7, 11) is 0. The van der Waals surface area contributed by atoms with Crippen LogP contribution < -0.4 is 10.2 Å². The number of piperazine rings is 1. The van der Waals surface area contributed by atoms with Gasteiger partial charge in [-0.3, -0.25) is 4.90 Å². The van der Waals surface area contributed by atoms with E-state index in [4.69, 9.17) is 4.42 Å². The minimum Gasteiger partial charge on any atom is -0.432 e. The largest absolute Gasteiger partial charge is 0.432 e. The zero-order valence-electron chi connectivity index (χ0n) is 12.4. The van der Waals surface area contributed by atoms with E-state index in [0.29, 0.717) is 6.04 Å². The van der Waals surface area contributed by atoms with Crippen LogP contribution in [-0.4, -0.2) is 48.6 Å². The molecule has 1 N–H and O–H groups in total. The molecule has 5 nitrogen and oxygen atoms in total. The fourth-order valence-corrected chi connectivity index (χ4v) is 2.39. The van der Waals surface area contributed by atoms with Crippen LogP contribution in [0.1, 0.15) is 32.9 Å². The van der Waals surface area contributed by atoms with Crippen LogP contribution in [-0.2, 0) is 6.54 Å². The van der Waals surface area contributed by atoms with Crippen molar-refractivity contribution in [3.05, 3.63) is 12.0 Å². The Morgan fingerprint density at radius 3 is 2.68 bits per heavy atom. The van der Waals surface area contributed by atoms with Gasteiger partial charge in [0.15, 0.2) is 0 Å². The Balaban J connectivity index is 1.85. The van der Waals surface area contributed by atoms with E-state index in [9.17, 15) is 0 Å². The summed E-state index contributed by atoms with van der Waals surface area (Å²) < 4.78 is 5.58. The van der Waals surface area contributed by atoms with Gasteiger partial charge in [-0.1, -0.05) is 13.8 Å². The van der Waals surface area contributed by atoms with Crippen LogP contribution >= 0.6 is 0 Å². The zero-order chi connectivity index (χ0) is 13.7. The summed E-state index contributed by atoms with van der Waals surface area (Å²) in [6, 6.07) is 1.45. The van der Waals surface area contributed by atoms with Crippen molar-refractivity contribution in [2.75, 3.05) is 37.6 Å². The summed E-state index contributed by atoms with van der Waals surface area (Å²) in [5, 5.41) is 3.26. The molecule has 0 spiro atoms. The lowest BCUT2D eigenvalue weighted by Crippen LogP contribution is -2.49. The highest BCUT2D eigenvalue weighted by Crippen LogP contribution is 2.17. The molecule has 1 saturated heterocycles. The van der Waals surface area contributed by atoms with Gasteiger partial charge < -0.3 is 14.6 Å². The molecule has 1 aliphatic heterocycles. The molecule has 1 unspecified atom stereocenters. The highest BCUT2D eigenvalue weighted by molar-refractivity contribution is 5.28. The van der Waals surface area contributed by atoms with Gasteiger partial charge in [-0.2, -0.15) is 4.98 Å². The molecule has 0 bridgehead atoms. The molecule has 2 rings (SSSR count). The van der Waals surface area contributed by atoms with Crippen molar-refractivity contribution >= 4 is 6.01 Å². The Morgan fingerprint density at radius 2 is 2.05 bits per heavy atom. The number of anilines is 1. The van der Waals surface area contributed by atoms with Crippen LogP contribution in [0.3, 0.4) is 0 Å². The van der Waals surface area contributed by atoms with E-state index >= 15 is 0 Å². The van der Waals surface area contributed by atoms with Crippen LogP contribution in [0.5, 0.6) is 0 Å². The highest BCUT2D eigenvalue weighted by atomic mass is 16.4. The van der Waals surface area contributed by atoms with Gasteiger partial charge in [0.25, 0.3) is 6.01 Å². The lowest BCUT2D eigenvalue weighted by molar-refractivity contribution is 0.190. The van der Waals surface area contributed by atoms with Crippen LogP contribution in [0.4, 0.5) is 6.01 Å². The number of hydrogen-bond acceptors (Lipinski definition) is 5. The molecule has 1 aliphatic rings. The molecule has 1 aromatic rings. The zero-order valence-corrected chi connectivity index (χ0v) is 12.4. The average molecular weight is 266 g/mol. The lowest BCUT2D eigenvalue weighted by atomic mass is 10.2. The molecule has 2 heterocycles. The number of nitrogens with one attached hydrogen (secondary N) is 1. The van der Waals surface area contributed by atoms with Crippen LogP contribution in [0.25, 0.3) is 0 Å². The maximum absolute atomic E-state index is 5.58. The number of oxazole rings is 1. The van der Waals surface area contributed by atoms with Gasteiger partial charge in [0, 0.05) is 38.8 Å². The quantitative estimate of drug-likeness (QED) is 0.849. The van der Waals surface area contributed by atoms with Crippen LogP contribution in [0, 0.1) is 0 Å². The summed E-state index contributed by atoms with van der Waals surface area (Å²) in [6.07, 6.45) is 2.98. The molecule has 0 amide bonds. The monoisotopic (exact) mass is 266 g/mol.